The maximum absolute atomic E-state index is 12.4. The quantitative estimate of drug-likeness (QED) is 0.721. The van der Waals surface area contributed by atoms with Crippen molar-refractivity contribution in [3.8, 4) is 0 Å². The molecular formula is C13H17ClN2O. The summed E-state index contributed by atoms with van der Waals surface area (Å²) in [6.07, 6.45) is 8.65. The van der Waals surface area contributed by atoms with Crippen molar-refractivity contribution in [1.82, 2.24) is 9.55 Å². The Morgan fingerprint density at radius 2 is 1.88 bits per heavy atom. The predicted molar refractivity (Wildman–Crippen MR) is 67.7 cm³/mol. The second kappa shape index (κ2) is 4.45. The van der Waals surface area contributed by atoms with Gasteiger partial charge in [-0.15, -0.1) is 0 Å². The number of aryl methyl sites for hydroxylation is 1. The third-order valence-corrected chi connectivity index (χ3v) is 4.30. The molecule has 0 N–H and O–H groups in total. The van der Waals surface area contributed by atoms with E-state index in [1.165, 1.54) is 19.3 Å². The maximum atomic E-state index is 12.4. The van der Waals surface area contributed by atoms with Crippen LogP contribution >= 0.6 is 11.6 Å². The highest BCUT2D eigenvalue weighted by atomic mass is 35.5. The summed E-state index contributed by atoms with van der Waals surface area (Å²) >= 11 is 6.20. The van der Waals surface area contributed by atoms with Crippen molar-refractivity contribution in [3.05, 3.63) is 26.9 Å². The van der Waals surface area contributed by atoms with Crippen LogP contribution in [-0.4, -0.2) is 9.55 Å². The van der Waals surface area contributed by atoms with E-state index >= 15 is 0 Å². The standard InChI is InChI=1S/C13H17ClN2O/c14-13-15-11-8-4-7-10(11)12(17)16(13)9-5-2-1-3-6-9/h9H,1-8H2. The molecule has 0 bridgehead atoms. The fourth-order valence-electron chi connectivity index (χ4n) is 3.13. The van der Waals surface area contributed by atoms with Crippen LogP contribution in [0.15, 0.2) is 4.79 Å². The van der Waals surface area contributed by atoms with E-state index in [4.69, 9.17) is 11.6 Å². The molecule has 3 rings (SSSR count). The highest BCUT2D eigenvalue weighted by molar-refractivity contribution is 6.28. The molecule has 1 aromatic rings. The Labute approximate surface area is 106 Å². The van der Waals surface area contributed by atoms with Crippen molar-refractivity contribution in [2.75, 3.05) is 0 Å². The Morgan fingerprint density at radius 3 is 2.65 bits per heavy atom. The van der Waals surface area contributed by atoms with E-state index in [0.29, 0.717) is 5.28 Å². The molecule has 0 saturated heterocycles. The van der Waals surface area contributed by atoms with Crippen LogP contribution in [0.5, 0.6) is 0 Å². The second-order valence-corrected chi connectivity index (χ2v) is 5.46. The van der Waals surface area contributed by atoms with Gasteiger partial charge in [0.1, 0.15) is 0 Å². The molecule has 0 aliphatic heterocycles. The van der Waals surface area contributed by atoms with E-state index in [1.807, 2.05) is 0 Å². The minimum absolute atomic E-state index is 0.129. The molecular weight excluding hydrogens is 236 g/mol. The fraction of sp³-hybridized carbons (Fsp3) is 0.692. The van der Waals surface area contributed by atoms with Gasteiger partial charge in [-0.25, -0.2) is 4.98 Å². The van der Waals surface area contributed by atoms with Crippen LogP contribution in [0, 0.1) is 0 Å². The van der Waals surface area contributed by atoms with Gasteiger partial charge >= 0.3 is 0 Å². The lowest BCUT2D eigenvalue weighted by molar-refractivity contribution is 0.343. The average molecular weight is 253 g/mol. The van der Waals surface area contributed by atoms with Gasteiger partial charge in [0.2, 0.25) is 5.28 Å². The molecule has 0 aromatic carbocycles. The van der Waals surface area contributed by atoms with E-state index in [9.17, 15) is 4.79 Å². The van der Waals surface area contributed by atoms with Crippen LogP contribution in [0.25, 0.3) is 0 Å². The Balaban J connectivity index is 2.07. The third kappa shape index (κ3) is 1.90. The molecule has 1 aromatic heterocycles. The summed E-state index contributed by atoms with van der Waals surface area (Å²) in [7, 11) is 0. The van der Waals surface area contributed by atoms with Crippen LogP contribution < -0.4 is 5.56 Å². The first-order valence-corrected chi connectivity index (χ1v) is 6.95. The molecule has 17 heavy (non-hydrogen) atoms. The van der Waals surface area contributed by atoms with Crippen LogP contribution in [0.3, 0.4) is 0 Å². The molecule has 2 aliphatic rings. The summed E-state index contributed by atoms with van der Waals surface area (Å²) in [5.41, 5.74) is 1.98. The van der Waals surface area contributed by atoms with Gasteiger partial charge in [-0.2, -0.15) is 0 Å². The number of rotatable bonds is 1. The summed E-state index contributed by atoms with van der Waals surface area (Å²) < 4.78 is 1.75. The van der Waals surface area contributed by atoms with E-state index in [-0.39, 0.29) is 11.6 Å². The smallest absolute Gasteiger partial charge is 0.258 e. The maximum Gasteiger partial charge on any atom is 0.258 e. The monoisotopic (exact) mass is 252 g/mol. The lowest BCUT2D eigenvalue weighted by Gasteiger charge is -2.25. The number of hydrogen-bond donors (Lipinski definition) is 0. The molecule has 0 spiro atoms. The van der Waals surface area contributed by atoms with Crippen molar-refractivity contribution >= 4 is 11.6 Å². The van der Waals surface area contributed by atoms with E-state index in [0.717, 1.165) is 43.4 Å². The molecule has 0 amide bonds. The van der Waals surface area contributed by atoms with Gasteiger partial charge in [0, 0.05) is 11.6 Å². The summed E-state index contributed by atoms with van der Waals surface area (Å²) in [4.78, 5) is 16.8. The molecule has 0 radical (unpaired) electrons. The number of hydrogen-bond acceptors (Lipinski definition) is 2. The lowest BCUT2D eigenvalue weighted by Crippen LogP contribution is -2.30. The summed E-state index contributed by atoms with van der Waals surface area (Å²) in [6.45, 7) is 0. The van der Waals surface area contributed by atoms with Gasteiger partial charge in [0.05, 0.1) is 5.69 Å². The zero-order valence-electron chi connectivity index (χ0n) is 9.91. The number of aromatic nitrogens is 2. The first-order valence-electron chi connectivity index (χ1n) is 6.57. The normalized spacial score (nSPS) is 20.5. The molecule has 2 aliphatic carbocycles. The third-order valence-electron chi connectivity index (χ3n) is 4.03. The molecule has 92 valence electrons. The first-order chi connectivity index (χ1) is 8.27. The van der Waals surface area contributed by atoms with E-state index in [2.05, 4.69) is 4.98 Å². The summed E-state index contributed by atoms with van der Waals surface area (Å²) in [6, 6.07) is 0.280. The number of halogens is 1. The number of fused-ring (bicyclic) bond motifs is 1. The minimum atomic E-state index is 0.129. The van der Waals surface area contributed by atoms with Gasteiger partial charge < -0.3 is 0 Å². The van der Waals surface area contributed by atoms with Crippen LogP contribution in [-0.2, 0) is 12.8 Å². The van der Waals surface area contributed by atoms with Crippen molar-refractivity contribution in [2.24, 2.45) is 0 Å². The predicted octanol–water partition coefficient (Wildman–Crippen LogP) is 2.89. The number of nitrogens with zero attached hydrogens (tertiary/aromatic N) is 2. The molecule has 0 atom stereocenters. The van der Waals surface area contributed by atoms with Crippen molar-refractivity contribution in [3.63, 3.8) is 0 Å². The van der Waals surface area contributed by atoms with Crippen LogP contribution in [0.4, 0.5) is 0 Å². The van der Waals surface area contributed by atoms with Crippen LogP contribution in [0.1, 0.15) is 55.8 Å². The van der Waals surface area contributed by atoms with Gasteiger partial charge in [0.25, 0.3) is 5.56 Å². The van der Waals surface area contributed by atoms with Crippen molar-refractivity contribution < 1.29 is 0 Å². The van der Waals surface area contributed by atoms with Gasteiger partial charge in [-0.1, -0.05) is 19.3 Å². The largest absolute Gasteiger partial charge is 0.280 e. The minimum Gasteiger partial charge on any atom is -0.280 e. The highest BCUT2D eigenvalue weighted by Crippen LogP contribution is 2.30. The Hall–Kier alpha value is -0.830. The molecule has 0 unspecified atom stereocenters. The topological polar surface area (TPSA) is 34.9 Å². The van der Waals surface area contributed by atoms with Crippen molar-refractivity contribution in [1.29, 1.82) is 0 Å². The van der Waals surface area contributed by atoms with Gasteiger partial charge in [0.15, 0.2) is 0 Å². The average Bonchev–Trinajstić information content (AvgIpc) is 2.78. The molecule has 3 nitrogen and oxygen atoms in total. The summed E-state index contributed by atoms with van der Waals surface area (Å²) in [5.74, 6) is 0. The molecule has 4 heteroatoms. The van der Waals surface area contributed by atoms with Crippen molar-refractivity contribution in [2.45, 2.75) is 57.4 Å². The fourth-order valence-corrected chi connectivity index (χ4v) is 3.45. The lowest BCUT2D eigenvalue weighted by atomic mass is 9.95. The Kier molecular flexibility index (Phi) is 2.95. The highest BCUT2D eigenvalue weighted by Gasteiger charge is 2.24. The zero-order chi connectivity index (χ0) is 11.8. The zero-order valence-corrected chi connectivity index (χ0v) is 10.7. The summed E-state index contributed by atoms with van der Waals surface area (Å²) in [5, 5.41) is 0.405. The van der Waals surface area contributed by atoms with E-state index < -0.39 is 0 Å². The van der Waals surface area contributed by atoms with Gasteiger partial charge in [-0.05, 0) is 43.7 Å². The molecule has 1 saturated carbocycles. The molecule has 1 fully saturated rings. The Morgan fingerprint density at radius 1 is 1.12 bits per heavy atom. The second-order valence-electron chi connectivity index (χ2n) is 5.13. The molecule has 1 heterocycles. The Bertz CT molecular complexity index is 489. The van der Waals surface area contributed by atoms with Crippen LogP contribution in [0.2, 0.25) is 5.28 Å². The van der Waals surface area contributed by atoms with Gasteiger partial charge in [-0.3, -0.25) is 9.36 Å². The first kappa shape index (κ1) is 11.3. The SMILES string of the molecule is O=c1c2c(nc(Cl)n1C1CCCCC1)CCC2. The van der Waals surface area contributed by atoms with E-state index in [1.54, 1.807) is 4.57 Å².